The SMILES string of the molecule is CN/C(=C(C(=N)N)/C(Cl)=C(\N)c1ccccc1)c1ccccc1. The van der Waals surface area contributed by atoms with Crippen molar-refractivity contribution in [2.45, 2.75) is 0 Å². The second-order valence-electron chi connectivity index (χ2n) is 4.87. The van der Waals surface area contributed by atoms with Gasteiger partial charge in [0.15, 0.2) is 0 Å². The van der Waals surface area contributed by atoms with Crippen molar-refractivity contribution >= 4 is 28.8 Å². The molecule has 6 N–H and O–H groups in total. The van der Waals surface area contributed by atoms with E-state index in [1.807, 2.05) is 60.7 Å². The van der Waals surface area contributed by atoms with E-state index in [9.17, 15) is 0 Å². The van der Waals surface area contributed by atoms with Crippen LogP contribution in [-0.4, -0.2) is 12.9 Å². The molecular formula is C18H19ClN4. The third kappa shape index (κ3) is 3.73. The van der Waals surface area contributed by atoms with Crippen molar-refractivity contribution in [3.05, 3.63) is 82.4 Å². The molecule has 0 aliphatic carbocycles. The average Bonchev–Trinajstić information content (AvgIpc) is 2.59. The molecule has 0 atom stereocenters. The Kier molecular flexibility index (Phi) is 5.44. The van der Waals surface area contributed by atoms with Crippen LogP contribution in [0.4, 0.5) is 0 Å². The summed E-state index contributed by atoms with van der Waals surface area (Å²) in [6, 6.07) is 18.9. The lowest BCUT2D eigenvalue weighted by Gasteiger charge is -2.16. The first-order valence-corrected chi connectivity index (χ1v) is 7.47. The van der Waals surface area contributed by atoms with E-state index in [1.54, 1.807) is 7.05 Å². The predicted molar refractivity (Wildman–Crippen MR) is 97.7 cm³/mol. The van der Waals surface area contributed by atoms with Crippen LogP contribution in [0.5, 0.6) is 0 Å². The summed E-state index contributed by atoms with van der Waals surface area (Å²) in [5.74, 6) is -0.151. The van der Waals surface area contributed by atoms with E-state index in [-0.39, 0.29) is 10.9 Å². The zero-order chi connectivity index (χ0) is 16.8. The van der Waals surface area contributed by atoms with Gasteiger partial charge < -0.3 is 16.8 Å². The summed E-state index contributed by atoms with van der Waals surface area (Å²) in [6.45, 7) is 0. The number of nitrogens with one attached hydrogen (secondary N) is 2. The van der Waals surface area contributed by atoms with Crippen LogP contribution >= 0.6 is 11.6 Å². The number of nitrogens with two attached hydrogens (primary N) is 2. The lowest BCUT2D eigenvalue weighted by atomic mass is 10.0. The minimum atomic E-state index is -0.151. The Hall–Kier alpha value is -2.72. The summed E-state index contributed by atoms with van der Waals surface area (Å²) >= 11 is 6.49. The van der Waals surface area contributed by atoms with Crippen molar-refractivity contribution in [2.24, 2.45) is 11.5 Å². The quantitative estimate of drug-likeness (QED) is 0.387. The highest BCUT2D eigenvalue weighted by atomic mass is 35.5. The first kappa shape index (κ1) is 16.6. The Morgan fingerprint density at radius 2 is 1.39 bits per heavy atom. The molecular weight excluding hydrogens is 308 g/mol. The predicted octanol–water partition coefficient (Wildman–Crippen LogP) is 3.12. The Morgan fingerprint density at radius 1 is 0.913 bits per heavy atom. The molecule has 0 aliphatic rings. The molecule has 2 aromatic rings. The van der Waals surface area contributed by atoms with E-state index in [0.29, 0.717) is 17.0 Å². The molecule has 23 heavy (non-hydrogen) atoms. The molecule has 0 radical (unpaired) electrons. The van der Waals surface area contributed by atoms with Crippen LogP contribution in [0.2, 0.25) is 0 Å². The lowest BCUT2D eigenvalue weighted by molar-refractivity contribution is 1.12. The monoisotopic (exact) mass is 326 g/mol. The number of hydrogen-bond acceptors (Lipinski definition) is 3. The molecule has 0 saturated carbocycles. The zero-order valence-electron chi connectivity index (χ0n) is 12.8. The van der Waals surface area contributed by atoms with Crippen LogP contribution in [0.25, 0.3) is 11.4 Å². The molecule has 2 rings (SSSR count). The van der Waals surface area contributed by atoms with Crippen LogP contribution in [0.15, 0.2) is 71.3 Å². The molecule has 118 valence electrons. The maximum Gasteiger partial charge on any atom is 0.126 e. The molecule has 0 heterocycles. The van der Waals surface area contributed by atoms with Crippen molar-refractivity contribution in [3.8, 4) is 0 Å². The zero-order valence-corrected chi connectivity index (χ0v) is 13.6. The van der Waals surface area contributed by atoms with Gasteiger partial charge >= 0.3 is 0 Å². The van der Waals surface area contributed by atoms with Crippen LogP contribution in [0.3, 0.4) is 0 Å². The Morgan fingerprint density at radius 3 is 1.83 bits per heavy atom. The number of rotatable bonds is 5. The standard InChI is InChI=1S/C18H19ClN4/c1-23-17(13-10-6-3-7-11-13)14(18(21)22)15(19)16(20)12-8-4-2-5-9-12/h2-11,23H,20H2,1H3,(H3,21,22)/b16-15+,17-14-. The Labute approximate surface area is 141 Å². The van der Waals surface area contributed by atoms with Gasteiger partial charge in [0, 0.05) is 7.05 Å². The molecule has 0 fully saturated rings. The van der Waals surface area contributed by atoms with E-state index in [0.717, 1.165) is 11.1 Å². The van der Waals surface area contributed by atoms with Gasteiger partial charge in [-0.15, -0.1) is 0 Å². The van der Waals surface area contributed by atoms with Gasteiger partial charge in [0.2, 0.25) is 0 Å². The molecule has 0 aliphatic heterocycles. The Bertz CT molecular complexity index is 749. The van der Waals surface area contributed by atoms with Gasteiger partial charge in [0.25, 0.3) is 0 Å². The van der Waals surface area contributed by atoms with Crippen LogP contribution in [-0.2, 0) is 0 Å². The lowest BCUT2D eigenvalue weighted by Crippen LogP contribution is -2.21. The summed E-state index contributed by atoms with van der Waals surface area (Å²) < 4.78 is 0. The van der Waals surface area contributed by atoms with Crippen molar-refractivity contribution in [3.63, 3.8) is 0 Å². The molecule has 0 amide bonds. The van der Waals surface area contributed by atoms with Gasteiger partial charge in [-0.3, -0.25) is 5.41 Å². The van der Waals surface area contributed by atoms with E-state index >= 15 is 0 Å². The largest absolute Gasteiger partial charge is 0.397 e. The van der Waals surface area contributed by atoms with Crippen molar-refractivity contribution in [2.75, 3.05) is 7.05 Å². The first-order chi connectivity index (χ1) is 11.1. The number of benzene rings is 2. The normalized spacial score (nSPS) is 13.0. The first-order valence-electron chi connectivity index (χ1n) is 7.09. The third-order valence-electron chi connectivity index (χ3n) is 3.37. The molecule has 5 heteroatoms. The van der Waals surface area contributed by atoms with Gasteiger partial charge in [-0.2, -0.15) is 0 Å². The minimum Gasteiger partial charge on any atom is -0.397 e. The van der Waals surface area contributed by atoms with Crippen molar-refractivity contribution < 1.29 is 0 Å². The maximum absolute atomic E-state index is 7.93. The smallest absolute Gasteiger partial charge is 0.126 e. The van der Waals surface area contributed by atoms with Gasteiger partial charge in [-0.05, 0) is 11.1 Å². The number of hydrogen-bond donors (Lipinski definition) is 4. The van der Waals surface area contributed by atoms with Gasteiger partial charge in [0.1, 0.15) is 5.84 Å². The summed E-state index contributed by atoms with van der Waals surface area (Å²) in [4.78, 5) is 0. The fourth-order valence-electron chi connectivity index (χ4n) is 2.26. The summed E-state index contributed by atoms with van der Waals surface area (Å²) in [5.41, 5.74) is 15.0. The van der Waals surface area contributed by atoms with Crippen LogP contribution < -0.4 is 16.8 Å². The highest BCUT2D eigenvalue weighted by Gasteiger charge is 2.17. The molecule has 4 nitrogen and oxygen atoms in total. The fourth-order valence-corrected chi connectivity index (χ4v) is 2.57. The van der Waals surface area contributed by atoms with E-state index < -0.39 is 0 Å². The molecule has 2 aromatic carbocycles. The van der Waals surface area contributed by atoms with Crippen LogP contribution in [0, 0.1) is 5.41 Å². The van der Waals surface area contributed by atoms with Crippen LogP contribution in [0.1, 0.15) is 11.1 Å². The molecule has 0 bridgehead atoms. The molecule has 0 unspecified atom stereocenters. The summed E-state index contributed by atoms with van der Waals surface area (Å²) in [7, 11) is 1.76. The summed E-state index contributed by atoms with van der Waals surface area (Å²) in [6.07, 6.45) is 0. The van der Waals surface area contributed by atoms with Crippen molar-refractivity contribution in [1.29, 1.82) is 5.41 Å². The van der Waals surface area contributed by atoms with Gasteiger partial charge in [-0.25, -0.2) is 0 Å². The minimum absolute atomic E-state index is 0.151. The summed E-state index contributed by atoms with van der Waals surface area (Å²) in [5, 5.41) is 11.2. The van der Waals surface area contributed by atoms with E-state index in [1.165, 1.54) is 0 Å². The second-order valence-corrected chi connectivity index (χ2v) is 5.25. The van der Waals surface area contributed by atoms with Gasteiger partial charge in [0.05, 0.1) is 22.0 Å². The second kappa shape index (κ2) is 7.51. The maximum atomic E-state index is 7.93. The molecule has 0 spiro atoms. The Balaban J connectivity index is 2.66. The topological polar surface area (TPSA) is 87.9 Å². The highest BCUT2D eigenvalue weighted by molar-refractivity contribution is 6.39. The molecule has 0 saturated heterocycles. The number of amidine groups is 1. The van der Waals surface area contributed by atoms with Crippen molar-refractivity contribution in [1.82, 2.24) is 5.32 Å². The highest BCUT2D eigenvalue weighted by Crippen LogP contribution is 2.28. The fraction of sp³-hybridized carbons (Fsp3) is 0.0556. The third-order valence-corrected chi connectivity index (χ3v) is 3.77. The van der Waals surface area contributed by atoms with E-state index in [4.69, 9.17) is 28.5 Å². The molecule has 0 aromatic heterocycles. The number of halogens is 1. The average molecular weight is 327 g/mol. The van der Waals surface area contributed by atoms with E-state index in [2.05, 4.69) is 5.32 Å². The van der Waals surface area contributed by atoms with Gasteiger partial charge in [-0.1, -0.05) is 72.3 Å².